The Morgan fingerprint density at radius 3 is 1.93 bits per heavy atom. The summed E-state index contributed by atoms with van der Waals surface area (Å²) in [7, 11) is -3.93. The van der Waals surface area contributed by atoms with E-state index in [4.69, 9.17) is 23.2 Å². The van der Waals surface area contributed by atoms with Crippen molar-refractivity contribution in [1.29, 1.82) is 0 Å². The van der Waals surface area contributed by atoms with Gasteiger partial charge in [-0.2, -0.15) is 0 Å². The number of phosphoric ester groups is 1. The van der Waals surface area contributed by atoms with Crippen LogP contribution in [0.25, 0.3) is 0 Å². The molecule has 0 heterocycles. The number of hydrogen-bond donors (Lipinski definition) is 0. The second-order valence-electron chi connectivity index (χ2n) is 6.09. The van der Waals surface area contributed by atoms with Gasteiger partial charge < -0.3 is 9.05 Å². The van der Waals surface area contributed by atoms with Gasteiger partial charge in [0.1, 0.15) is 11.5 Å². The van der Waals surface area contributed by atoms with Crippen molar-refractivity contribution < 1.29 is 27.7 Å². The molecule has 0 atom stereocenters. The Morgan fingerprint density at radius 2 is 1.37 bits per heavy atom. The molecule has 0 unspecified atom stereocenters. The Morgan fingerprint density at radius 1 is 0.852 bits per heavy atom. The highest BCUT2D eigenvalue weighted by Crippen LogP contribution is 2.49. The zero-order valence-corrected chi connectivity index (χ0v) is 16.2. The Bertz CT molecular complexity index is 845. The third-order valence-electron chi connectivity index (χ3n) is 3.74. The number of phosphoric acid groups is 1. The van der Waals surface area contributed by atoms with Crippen LogP contribution < -0.4 is 9.05 Å². The molecule has 0 aliphatic rings. The average Bonchev–Trinajstić information content (AvgIpc) is 2.75. The zero-order chi connectivity index (χ0) is 25.3. The van der Waals surface area contributed by atoms with Gasteiger partial charge in [-0.1, -0.05) is 82.2 Å². The third-order valence-corrected chi connectivity index (χ3v) is 5.11. The fourth-order valence-corrected chi connectivity index (χ4v) is 3.66. The highest BCUT2D eigenvalue weighted by molar-refractivity contribution is 7.49. The molecule has 0 aromatic heterocycles. The molecule has 0 amide bonds. The number of benzene rings is 2. The quantitative estimate of drug-likeness (QED) is 0.263. The minimum Gasteiger partial charge on any atom is -0.395 e. The number of hydrogen-bond acceptors (Lipinski definition) is 4. The number of unbranched alkanes of at least 4 members (excludes halogenated alkanes) is 4. The first kappa shape index (κ1) is 13.4. The normalized spacial score (nSPS) is 16.7. The summed E-state index contributed by atoms with van der Waals surface area (Å²) in [5.41, 5.74) is 0. The van der Waals surface area contributed by atoms with Gasteiger partial charge in [0.2, 0.25) is 0 Å². The van der Waals surface area contributed by atoms with Crippen molar-refractivity contribution in [2.24, 2.45) is 5.89 Å². The molecule has 0 bridgehead atoms. The molecule has 0 fully saturated rings. The molecule has 148 valence electrons. The summed E-state index contributed by atoms with van der Waals surface area (Å²) in [6, 6.07) is 17.2. The third kappa shape index (κ3) is 9.12. The predicted octanol–water partition coefficient (Wildman–Crippen LogP) is 7.27. The lowest BCUT2D eigenvalue weighted by atomic mass is 10.0. The van der Waals surface area contributed by atoms with Crippen molar-refractivity contribution in [1.82, 2.24) is 0 Å². The van der Waals surface area contributed by atoms with Crippen LogP contribution in [-0.2, 0) is 9.09 Å². The summed E-state index contributed by atoms with van der Waals surface area (Å²) in [6.07, 6.45) is 2.57. The van der Waals surface area contributed by atoms with E-state index in [2.05, 4.69) is 0 Å². The van der Waals surface area contributed by atoms with Gasteiger partial charge in [0.25, 0.3) is 0 Å². The second kappa shape index (κ2) is 11.8. The van der Waals surface area contributed by atoms with Gasteiger partial charge in [0.05, 0.1) is 6.61 Å². The maximum Gasteiger partial charge on any atom is 0.587 e. The van der Waals surface area contributed by atoms with Crippen LogP contribution in [0.3, 0.4) is 0 Å². The van der Waals surface area contributed by atoms with Crippen LogP contribution in [0.4, 0.5) is 0 Å². The molecule has 0 spiro atoms. The van der Waals surface area contributed by atoms with Crippen molar-refractivity contribution in [2.75, 3.05) is 6.61 Å². The van der Waals surface area contributed by atoms with Crippen molar-refractivity contribution in [2.45, 2.75) is 52.2 Å². The van der Waals surface area contributed by atoms with Crippen LogP contribution in [0, 0.1) is 5.89 Å². The Kier molecular flexibility index (Phi) is 5.88. The van der Waals surface area contributed by atoms with Gasteiger partial charge >= 0.3 is 7.82 Å². The molecule has 0 N–H and O–H groups in total. The lowest BCUT2D eigenvalue weighted by molar-refractivity contribution is 0.205. The number of para-hydroxylation sites is 2. The minimum absolute atomic E-state index is 0.115. The van der Waals surface area contributed by atoms with E-state index < -0.39 is 27.4 Å². The maximum absolute atomic E-state index is 13.2. The largest absolute Gasteiger partial charge is 0.587 e. The lowest BCUT2D eigenvalue weighted by Crippen LogP contribution is -2.06. The topological polar surface area (TPSA) is 44.8 Å². The van der Waals surface area contributed by atoms with E-state index in [9.17, 15) is 4.57 Å². The molecular weight excluding hydrogens is 359 g/mol. The van der Waals surface area contributed by atoms with Gasteiger partial charge in [-0.15, -0.1) is 0 Å². The van der Waals surface area contributed by atoms with Crippen LogP contribution >= 0.6 is 7.82 Å². The Labute approximate surface area is 173 Å². The fraction of sp³-hybridized carbons (Fsp3) is 0.455. The van der Waals surface area contributed by atoms with Crippen LogP contribution in [-0.4, -0.2) is 6.61 Å². The van der Waals surface area contributed by atoms with Gasteiger partial charge in [-0.25, -0.2) is 4.57 Å². The fourth-order valence-electron chi connectivity index (χ4n) is 2.40. The molecule has 27 heavy (non-hydrogen) atoms. The van der Waals surface area contributed by atoms with E-state index in [0.717, 1.165) is 0 Å². The van der Waals surface area contributed by atoms with E-state index in [0.29, 0.717) is 43.6 Å². The Hall–Kier alpha value is -1.77. The zero-order valence-electron chi connectivity index (χ0n) is 22.3. The first-order chi connectivity index (χ1) is 15.9. The molecule has 0 saturated carbocycles. The van der Waals surface area contributed by atoms with Crippen LogP contribution in [0.2, 0.25) is 0 Å². The van der Waals surface area contributed by atoms with Crippen LogP contribution in [0.5, 0.6) is 11.5 Å². The smallest absolute Gasteiger partial charge is 0.395 e. The summed E-state index contributed by atoms with van der Waals surface area (Å²) >= 11 is 0. The highest BCUT2D eigenvalue weighted by atomic mass is 31.2. The van der Waals surface area contributed by atoms with E-state index >= 15 is 0 Å². The van der Waals surface area contributed by atoms with Crippen molar-refractivity contribution in [3.05, 3.63) is 60.7 Å². The molecular formula is C22H31O4P. The van der Waals surface area contributed by atoms with Crippen molar-refractivity contribution >= 4 is 7.82 Å². The van der Waals surface area contributed by atoms with Crippen molar-refractivity contribution in [3.8, 4) is 11.5 Å². The highest BCUT2D eigenvalue weighted by Gasteiger charge is 2.30. The van der Waals surface area contributed by atoms with E-state index in [1.54, 1.807) is 60.7 Å². The van der Waals surface area contributed by atoms with Gasteiger partial charge in [-0.05, 0) is 36.6 Å². The molecule has 2 aromatic carbocycles. The number of rotatable bonds is 13. The molecule has 2 rings (SSSR count). The first-order valence-corrected chi connectivity index (χ1v) is 10.6. The standard InChI is InChI=1S/C22H31O4P/c1-20(2)14-8-4-3-5-13-19-24-27(23,25-21-15-9-6-10-16-21)26-22-17-11-7-12-18-22/h6-7,9-12,15-18,20H,3-5,8,13-14,19H2,1-2H3/i1D3,2D3,20D. The average molecular weight is 398 g/mol. The molecule has 0 radical (unpaired) electrons. The Balaban J connectivity index is 1.80. The SMILES string of the molecule is [2H]C([2H])([2H])C([2H])(CCCCCCCOP(=O)(Oc1ccccc1)Oc1ccccc1)C([2H])([2H])[2H]. The monoisotopic (exact) mass is 397 g/mol. The van der Waals surface area contributed by atoms with Gasteiger partial charge in [0.15, 0.2) is 0 Å². The van der Waals surface area contributed by atoms with E-state index in [1.165, 1.54) is 0 Å². The summed E-state index contributed by atoms with van der Waals surface area (Å²) in [4.78, 5) is 0. The second-order valence-corrected chi connectivity index (χ2v) is 7.60. The predicted molar refractivity (Wildman–Crippen MR) is 110 cm³/mol. The van der Waals surface area contributed by atoms with Crippen LogP contribution in [0.15, 0.2) is 60.7 Å². The molecule has 2 aromatic rings. The molecule has 0 aliphatic heterocycles. The first-order valence-electron chi connectivity index (χ1n) is 12.6. The van der Waals surface area contributed by atoms with E-state index in [-0.39, 0.29) is 13.0 Å². The van der Waals surface area contributed by atoms with E-state index in [1.807, 2.05) is 0 Å². The summed E-state index contributed by atoms with van der Waals surface area (Å²) < 4.78 is 82.5. The summed E-state index contributed by atoms with van der Waals surface area (Å²) in [5.74, 6) is -1.77. The molecule has 0 saturated heterocycles. The summed E-state index contributed by atoms with van der Waals surface area (Å²) in [6.45, 7) is -5.65. The maximum atomic E-state index is 13.2. The van der Waals surface area contributed by atoms with Crippen molar-refractivity contribution in [3.63, 3.8) is 0 Å². The molecule has 0 aliphatic carbocycles. The van der Waals surface area contributed by atoms with Gasteiger partial charge in [-0.3, -0.25) is 4.52 Å². The lowest BCUT2D eigenvalue weighted by Gasteiger charge is -2.19. The van der Waals surface area contributed by atoms with Crippen LogP contribution in [0.1, 0.15) is 61.8 Å². The summed E-state index contributed by atoms with van der Waals surface area (Å²) in [5, 5.41) is 0. The molecule has 4 nitrogen and oxygen atoms in total. The molecule has 5 heteroatoms. The minimum atomic E-state index is -3.93. The van der Waals surface area contributed by atoms with Gasteiger partial charge in [0, 0.05) is 9.60 Å².